The van der Waals surface area contributed by atoms with Crippen LogP contribution in [0.2, 0.25) is 0 Å². The molecule has 0 radical (unpaired) electrons. The number of rotatable bonds is 5. The number of hydrogen-bond donors (Lipinski definition) is 2. The lowest BCUT2D eigenvalue weighted by atomic mass is 9.85. The lowest BCUT2D eigenvalue weighted by Gasteiger charge is -2.28. The topological polar surface area (TPSA) is 59.6 Å². The summed E-state index contributed by atoms with van der Waals surface area (Å²) in [6.07, 6.45) is 3.04. The van der Waals surface area contributed by atoms with Gasteiger partial charge in [0.05, 0.1) is 0 Å². The van der Waals surface area contributed by atoms with Crippen LogP contribution in [0.5, 0.6) is 11.5 Å². The summed E-state index contributed by atoms with van der Waals surface area (Å²) in [7, 11) is 0. The first kappa shape index (κ1) is 17.9. The Morgan fingerprint density at radius 3 is 3.00 bits per heavy atom. The molecular weight excluding hydrogens is 316 g/mol. The van der Waals surface area contributed by atoms with E-state index in [1.165, 1.54) is 12.8 Å². The summed E-state index contributed by atoms with van der Waals surface area (Å²) < 4.78 is 10.6. The van der Waals surface area contributed by atoms with E-state index in [-0.39, 0.29) is 25.1 Å². The molecule has 5 nitrogen and oxygen atoms in total. The highest BCUT2D eigenvalue weighted by atomic mass is 35.5. The molecule has 128 valence electrons. The first-order valence-electron chi connectivity index (χ1n) is 8.08. The number of carbonyl (C=O) groups is 1. The zero-order chi connectivity index (χ0) is 15.4. The van der Waals surface area contributed by atoms with Crippen LogP contribution in [0.4, 0.5) is 0 Å². The number of fused-ring (bicyclic) bond motifs is 1. The van der Waals surface area contributed by atoms with Crippen molar-refractivity contribution in [1.29, 1.82) is 0 Å². The smallest absolute Gasteiger partial charge is 0.231 e. The minimum absolute atomic E-state index is 0. The molecule has 2 heterocycles. The van der Waals surface area contributed by atoms with Crippen molar-refractivity contribution in [1.82, 2.24) is 10.6 Å². The van der Waals surface area contributed by atoms with Gasteiger partial charge in [0.25, 0.3) is 0 Å². The number of halogens is 1. The molecule has 23 heavy (non-hydrogen) atoms. The fourth-order valence-electron chi connectivity index (χ4n) is 3.15. The van der Waals surface area contributed by atoms with Gasteiger partial charge >= 0.3 is 0 Å². The highest BCUT2D eigenvalue weighted by Gasteiger charge is 2.22. The van der Waals surface area contributed by atoms with Crippen molar-refractivity contribution in [3.05, 3.63) is 23.8 Å². The first-order chi connectivity index (χ1) is 10.7. The molecule has 0 saturated carbocycles. The van der Waals surface area contributed by atoms with Crippen LogP contribution in [-0.4, -0.2) is 25.8 Å². The predicted octanol–water partition coefficient (Wildman–Crippen LogP) is 2.48. The molecule has 1 aromatic carbocycles. The molecule has 6 heteroatoms. The molecule has 2 aliphatic rings. The second-order valence-corrected chi connectivity index (χ2v) is 6.25. The van der Waals surface area contributed by atoms with E-state index in [4.69, 9.17) is 9.47 Å². The third-order valence-corrected chi connectivity index (χ3v) is 4.57. The molecule has 1 fully saturated rings. The molecule has 1 aromatic rings. The normalized spacial score (nSPS) is 20.5. The Kier molecular flexibility index (Phi) is 6.54. The monoisotopic (exact) mass is 340 g/mol. The SMILES string of the molecule is CC(CC(=O)NCc1ccc2c(c1)OCO2)C1CCCNC1.Cl. The molecule has 0 spiro atoms. The van der Waals surface area contributed by atoms with E-state index in [1.54, 1.807) is 0 Å². The van der Waals surface area contributed by atoms with Crippen molar-refractivity contribution >= 4 is 18.3 Å². The summed E-state index contributed by atoms with van der Waals surface area (Å²) in [5.41, 5.74) is 1.03. The molecule has 2 atom stereocenters. The standard InChI is InChI=1S/C17H24N2O3.ClH/c1-12(14-3-2-6-18-10-14)7-17(20)19-9-13-4-5-15-16(8-13)22-11-21-15;/h4-5,8,12,14,18H,2-3,6-7,9-11H2,1H3,(H,19,20);1H. The van der Waals surface area contributed by atoms with Gasteiger partial charge in [0, 0.05) is 13.0 Å². The summed E-state index contributed by atoms with van der Waals surface area (Å²) >= 11 is 0. The maximum absolute atomic E-state index is 12.1. The minimum Gasteiger partial charge on any atom is -0.454 e. The van der Waals surface area contributed by atoms with E-state index in [2.05, 4.69) is 17.6 Å². The van der Waals surface area contributed by atoms with Crippen molar-refractivity contribution in [3.63, 3.8) is 0 Å². The van der Waals surface area contributed by atoms with Crippen LogP contribution in [-0.2, 0) is 11.3 Å². The van der Waals surface area contributed by atoms with Crippen molar-refractivity contribution < 1.29 is 14.3 Å². The van der Waals surface area contributed by atoms with E-state index < -0.39 is 0 Å². The van der Waals surface area contributed by atoms with Gasteiger partial charge in [0.15, 0.2) is 11.5 Å². The Bertz CT molecular complexity index is 533. The zero-order valence-corrected chi connectivity index (χ0v) is 14.3. The number of carbonyl (C=O) groups excluding carboxylic acids is 1. The average molecular weight is 341 g/mol. The second-order valence-electron chi connectivity index (χ2n) is 6.25. The van der Waals surface area contributed by atoms with Gasteiger partial charge in [0.1, 0.15) is 0 Å². The molecule has 0 aliphatic carbocycles. The summed E-state index contributed by atoms with van der Waals surface area (Å²) in [5, 5.41) is 6.42. The average Bonchev–Trinajstić information content (AvgIpc) is 3.01. The van der Waals surface area contributed by atoms with Crippen molar-refractivity contribution in [2.45, 2.75) is 32.7 Å². The number of piperidine rings is 1. The van der Waals surface area contributed by atoms with Gasteiger partial charge in [-0.2, -0.15) is 0 Å². The van der Waals surface area contributed by atoms with Gasteiger partial charge in [-0.25, -0.2) is 0 Å². The molecule has 0 aromatic heterocycles. The Hall–Kier alpha value is -1.46. The number of amides is 1. The van der Waals surface area contributed by atoms with E-state index in [0.29, 0.717) is 24.8 Å². The van der Waals surface area contributed by atoms with E-state index >= 15 is 0 Å². The molecule has 1 amide bonds. The van der Waals surface area contributed by atoms with Crippen molar-refractivity contribution in [3.8, 4) is 11.5 Å². The maximum Gasteiger partial charge on any atom is 0.231 e. The Morgan fingerprint density at radius 1 is 1.39 bits per heavy atom. The minimum atomic E-state index is 0. The van der Waals surface area contributed by atoms with Crippen molar-refractivity contribution in [2.24, 2.45) is 11.8 Å². The molecular formula is C17H25ClN2O3. The molecule has 2 unspecified atom stereocenters. The first-order valence-corrected chi connectivity index (χ1v) is 8.08. The van der Waals surface area contributed by atoms with E-state index in [1.807, 2.05) is 18.2 Å². The largest absolute Gasteiger partial charge is 0.454 e. The maximum atomic E-state index is 12.1. The number of ether oxygens (including phenoxy) is 2. The van der Waals surface area contributed by atoms with Crippen LogP contribution >= 0.6 is 12.4 Å². The van der Waals surface area contributed by atoms with Gasteiger partial charge in [-0.05, 0) is 55.5 Å². The Balaban J connectivity index is 0.00000192. The summed E-state index contributed by atoms with van der Waals surface area (Å²) in [4.78, 5) is 12.1. The fraction of sp³-hybridized carbons (Fsp3) is 0.588. The molecule has 1 saturated heterocycles. The van der Waals surface area contributed by atoms with E-state index in [0.717, 1.165) is 30.2 Å². The van der Waals surface area contributed by atoms with Crippen LogP contribution in [0.15, 0.2) is 18.2 Å². The zero-order valence-electron chi connectivity index (χ0n) is 13.5. The number of benzene rings is 1. The summed E-state index contributed by atoms with van der Waals surface area (Å²) in [5.74, 6) is 2.69. The van der Waals surface area contributed by atoms with Crippen molar-refractivity contribution in [2.75, 3.05) is 19.9 Å². The van der Waals surface area contributed by atoms with Crippen LogP contribution in [0.1, 0.15) is 31.7 Å². The lowest BCUT2D eigenvalue weighted by Crippen LogP contribution is -2.35. The Morgan fingerprint density at radius 2 is 2.22 bits per heavy atom. The van der Waals surface area contributed by atoms with Gasteiger partial charge in [-0.3, -0.25) is 4.79 Å². The second kappa shape index (κ2) is 8.41. The Labute approximate surface area is 143 Å². The highest BCUT2D eigenvalue weighted by molar-refractivity contribution is 5.85. The molecule has 0 bridgehead atoms. The quantitative estimate of drug-likeness (QED) is 0.864. The summed E-state index contributed by atoms with van der Waals surface area (Å²) in [6.45, 7) is 5.14. The number of nitrogens with one attached hydrogen (secondary N) is 2. The van der Waals surface area contributed by atoms with Crippen LogP contribution in [0.25, 0.3) is 0 Å². The highest BCUT2D eigenvalue weighted by Crippen LogP contribution is 2.32. The fourth-order valence-corrected chi connectivity index (χ4v) is 3.15. The van der Waals surface area contributed by atoms with Gasteiger partial charge < -0.3 is 20.1 Å². The predicted molar refractivity (Wildman–Crippen MR) is 91.0 cm³/mol. The molecule has 2 aliphatic heterocycles. The number of hydrogen-bond acceptors (Lipinski definition) is 4. The van der Waals surface area contributed by atoms with Gasteiger partial charge in [0.2, 0.25) is 12.7 Å². The molecule has 3 rings (SSSR count). The third kappa shape index (κ3) is 4.75. The van der Waals surface area contributed by atoms with Gasteiger partial charge in [-0.1, -0.05) is 13.0 Å². The lowest BCUT2D eigenvalue weighted by molar-refractivity contribution is -0.122. The molecule has 2 N–H and O–H groups in total. The summed E-state index contributed by atoms with van der Waals surface area (Å²) in [6, 6.07) is 5.78. The third-order valence-electron chi connectivity index (χ3n) is 4.57. The van der Waals surface area contributed by atoms with Crippen LogP contribution in [0.3, 0.4) is 0 Å². The van der Waals surface area contributed by atoms with Gasteiger partial charge in [-0.15, -0.1) is 12.4 Å². The van der Waals surface area contributed by atoms with E-state index in [9.17, 15) is 4.79 Å². The van der Waals surface area contributed by atoms with Crippen LogP contribution in [0, 0.1) is 11.8 Å². The van der Waals surface area contributed by atoms with Crippen LogP contribution < -0.4 is 20.1 Å².